The van der Waals surface area contributed by atoms with Gasteiger partial charge < -0.3 is 4.74 Å². The normalized spacial score (nSPS) is 10.7. The molecule has 0 saturated heterocycles. The van der Waals surface area contributed by atoms with Gasteiger partial charge in [-0.1, -0.05) is 29.5 Å². The van der Waals surface area contributed by atoms with Crippen LogP contribution in [0, 0.1) is 10.1 Å². The van der Waals surface area contributed by atoms with Crippen molar-refractivity contribution in [2.75, 3.05) is 12.0 Å². The summed E-state index contributed by atoms with van der Waals surface area (Å²) in [5.41, 5.74) is 1.53. The molecule has 8 nitrogen and oxygen atoms in total. The molecule has 9 heteroatoms. The number of thiazole rings is 1. The lowest BCUT2D eigenvalue weighted by molar-refractivity contribution is -0.384. The molecule has 0 bridgehead atoms. The zero-order chi connectivity index (χ0) is 21.1. The van der Waals surface area contributed by atoms with Gasteiger partial charge in [0.2, 0.25) is 0 Å². The van der Waals surface area contributed by atoms with Crippen LogP contribution in [-0.2, 0) is 6.54 Å². The van der Waals surface area contributed by atoms with Crippen LogP contribution in [0.4, 0.5) is 10.8 Å². The molecule has 0 saturated carbocycles. The number of carbonyl (C=O) groups excluding carboxylic acids is 1. The largest absolute Gasteiger partial charge is 0.494 e. The number of carbonyl (C=O) groups is 1. The molecule has 2 aromatic heterocycles. The van der Waals surface area contributed by atoms with E-state index in [1.54, 1.807) is 37.7 Å². The van der Waals surface area contributed by atoms with E-state index in [-0.39, 0.29) is 23.7 Å². The molecule has 1 amide bonds. The van der Waals surface area contributed by atoms with E-state index < -0.39 is 4.92 Å². The van der Waals surface area contributed by atoms with Gasteiger partial charge in [0, 0.05) is 30.1 Å². The summed E-state index contributed by atoms with van der Waals surface area (Å²) in [5, 5.41) is 11.6. The molecule has 2 aromatic carbocycles. The summed E-state index contributed by atoms with van der Waals surface area (Å²) in [5.74, 6) is 0.222. The highest BCUT2D eigenvalue weighted by Gasteiger charge is 2.24. The molecule has 0 radical (unpaired) electrons. The minimum absolute atomic E-state index is 0.145. The second kappa shape index (κ2) is 8.26. The van der Waals surface area contributed by atoms with E-state index in [4.69, 9.17) is 4.74 Å². The first-order chi connectivity index (χ1) is 14.6. The van der Waals surface area contributed by atoms with Crippen molar-refractivity contribution in [2.45, 2.75) is 6.54 Å². The highest BCUT2D eigenvalue weighted by molar-refractivity contribution is 7.22. The minimum Gasteiger partial charge on any atom is -0.494 e. The second-order valence-electron chi connectivity index (χ2n) is 6.36. The molecule has 0 unspecified atom stereocenters. The number of pyridine rings is 1. The number of nitro benzene ring substituents is 1. The summed E-state index contributed by atoms with van der Waals surface area (Å²) in [6, 6.07) is 14.9. The lowest BCUT2D eigenvalue weighted by atomic mass is 10.1. The predicted octanol–water partition coefficient (Wildman–Crippen LogP) is 4.46. The lowest BCUT2D eigenvalue weighted by Crippen LogP contribution is -2.30. The molecule has 0 aliphatic rings. The smallest absolute Gasteiger partial charge is 0.270 e. The van der Waals surface area contributed by atoms with Crippen molar-refractivity contribution in [1.82, 2.24) is 9.97 Å². The third kappa shape index (κ3) is 3.83. The van der Waals surface area contributed by atoms with Crippen LogP contribution in [0.3, 0.4) is 0 Å². The monoisotopic (exact) mass is 420 g/mol. The molecule has 4 aromatic rings. The van der Waals surface area contributed by atoms with Crippen LogP contribution in [0.2, 0.25) is 0 Å². The summed E-state index contributed by atoms with van der Waals surface area (Å²) in [7, 11) is 1.56. The van der Waals surface area contributed by atoms with Crippen LogP contribution in [0.1, 0.15) is 15.9 Å². The van der Waals surface area contributed by atoms with Crippen LogP contribution in [0.15, 0.2) is 67.0 Å². The number of rotatable bonds is 6. The van der Waals surface area contributed by atoms with Gasteiger partial charge in [-0.15, -0.1) is 0 Å². The van der Waals surface area contributed by atoms with Crippen LogP contribution >= 0.6 is 11.3 Å². The molecule has 0 aliphatic heterocycles. The summed E-state index contributed by atoms with van der Waals surface area (Å²) in [6.45, 7) is 0.220. The molecular formula is C21H16N4O4S. The average Bonchev–Trinajstić information content (AvgIpc) is 3.22. The quantitative estimate of drug-likeness (QED) is 0.337. The number of hydrogen-bond acceptors (Lipinski definition) is 7. The Labute approximate surface area is 175 Å². The van der Waals surface area contributed by atoms with E-state index in [1.807, 2.05) is 18.2 Å². The summed E-state index contributed by atoms with van der Waals surface area (Å²) < 4.78 is 6.25. The molecule has 2 heterocycles. The number of para-hydroxylation sites is 1. The van der Waals surface area contributed by atoms with E-state index in [1.165, 1.54) is 34.4 Å². The Bertz CT molecular complexity index is 1230. The number of fused-ring (bicyclic) bond motifs is 1. The highest BCUT2D eigenvalue weighted by atomic mass is 32.1. The Morgan fingerprint density at radius 1 is 1.20 bits per heavy atom. The number of methoxy groups -OCH3 is 1. The summed E-state index contributed by atoms with van der Waals surface area (Å²) >= 11 is 1.35. The maximum Gasteiger partial charge on any atom is 0.270 e. The Balaban J connectivity index is 1.79. The van der Waals surface area contributed by atoms with Gasteiger partial charge in [-0.3, -0.25) is 24.8 Å². The van der Waals surface area contributed by atoms with E-state index in [2.05, 4.69) is 9.97 Å². The van der Waals surface area contributed by atoms with Gasteiger partial charge in [0.05, 0.1) is 23.3 Å². The fourth-order valence-corrected chi connectivity index (χ4v) is 3.98. The molecule has 0 atom stereocenters. The lowest BCUT2D eigenvalue weighted by Gasteiger charge is -2.20. The Hall–Kier alpha value is -3.85. The number of nitrogens with zero attached hydrogens (tertiary/aromatic N) is 4. The number of anilines is 1. The molecule has 0 N–H and O–H groups in total. The van der Waals surface area contributed by atoms with Gasteiger partial charge in [0.1, 0.15) is 11.3 Å². The van der Waals surface area contributed by atoms with E-state index in [0.29, 0.717) is 16.4 Å². The molecule has 0 fully saturated rings. The van der Waals surface area contributed by atoms with Crippen molar-refractivity contribution in [3.8, 4) is 5.75 Å². The molecule has 30 heavy (non-hydrogen) atoms. The molecule has 0 spiro atoms. The van der Waals surface area contributed by atoms with Crippen molar-refractivity contribution in [2.24, 2.45) is 0 Å². The molecule has 0 aliphatic carbocycles. The third-order valence-electron chi connectivity index (χ3n) is 4.43. The molecule has 4 rings (SSSR count). The van der Waals surface area contributed by atoms with Gasteiger partial charge in [-0.2, -0.15) is 0 Å². The van der Waals surface area contributed by atoms with Crippen LogP contribution in [0.5, 0.6) is 5.75 Å². The topological polar surface area (TPSA) is 98.5 Å². The zero-order valence-corrected chi connectivity index (χ0v) is 16.7. The van der Waals surface area contributed by atoms with Crippen LogP contribution in [0.25, 0.3) is 10.2 Å². The Morgan fingerprint density at radius 3 is 2.77 bits per heavy atom. The van der Waals surface area contributed by atoms with E-state index in [9.17, 15) is 14.9 Å². The maximum absolute atomic E-state index is 13.4. The minimum atomic E-state index is -0.523. The van der Waals surface area contributed by atoms with E-state index >= 15 is 0 Å². The average molecular weight is 420 g/mol. The summed E-state index contributed by atoms with van der Waals surface area (Å²) in [4.78, 5) is 34.2. The number of hydrogen-bond donors (Lipinski definition) is 0. The van der Waals surface area contributed by atoms with Crippen molar-refractivity contribution in [1.29, 1.82) is 0 Å². The Kier molecular flexibility index (Phi) is 5.36. The number of ether oxygens (including phenoxy) is 1. The van der Waals surface area contributed by atoms with Crippen LogP contribution < -0.4 is 9.64 Å². The molecular weight excluding hydrogens is 404 g/mol. The first-order valence-corrected chi connectivity index (χ1v) is 9.77. The van der Waals surface area contributed by atoms with Crippen molar-refractivity contribution >= 4 is 38.3 Å². The van der Waals surface area contributed by atoms with Gasteiger partial charge in [0.15, 0.2) is 5.13 Å². The van der Waals surface area contributed by atoms with Crippen LogP contribution in [-0.4, -0.2) is 27.9 Å². The fraction of sp³-hybridized carbons (Fsp3) is 0.0952. The highest BCUT2D eigenvalue weighted by Crippen LogP contribution is 2.35. The van der Waals surface area contributed by atoms with Gasteiger partial charge >= 0.3 is 0 Å². The second-order valence-corrected chi connectivity index (χ2v) is 7.37. The number of aromatic nitrogens is 2. The van der Waals surface area contributed by atoms with Gasteiger partial charge in [-0.05, 0) is 29.8 Å². The maximum atomic E-state index is 13.4. The van der Waals surface area contributed by atoms with E-state index in [0.717, 1.165) is 10.3 Å². The third-order valence-corrected chi connectivity index (χ3v) is 5.48. The molecule has 150 valence electrons. The number of benzene rings is 2. The Morgan fingerprint density at radius 2 is 2.03 bits per heavy atom. The first kappa shape index (κ1) is 19.5. The van der Waals surface area contributed by atoms with Crippen molar-refractivity contribution in [3.05, 3.63) is 88.2 Å². The van der Waals surface area contributed by atoms with Gasteiger partial charge in [0.25, 0.3) is 11.6 Å². The SMILES string of the molecule is COc1cccc2sc(N(Cc3cccnc3)C(=O)c3cccc([N+](=O)[O-])c3)nc12. The van der Waals surface area contributed by atoms with Crippen molar-refractivity contribution < 1.29 is 14.5 Å². The van der Waals surface area contributed by atoms with Gasteiger partial charge in [-0.25, -0.2) is 4.98 Å². The predicted molar refractivity (Wildman–Crippen MR) is 114 cm³/mol. The first-order valence-electron chi connectivity index (χ1n) is 8.95. The number of nitro groups is 1. The zero-order valence-electron chi connectivity index (χ0n) is 15.9. The summed E-state index contributed by atoms with van der Waals surface area (Å²) in [6.07, 6.45) is 3.32. The fourth-order valence-electron chi connectivity index (χ4n) is 3.00. The van der Waals surface area contributed by atoms with Crippen molar-refractivity contribution in [3.63, 3.8) is 0 Å². The number of non-ortho nitro benzene ring substituents is 1. The number of amides is 1. The standard InChI is InChI=1S/C21H16N4O4S/c1-29-17-8-3-9-18-19(17)23-21(30-18)24(13-14-5-4-10-22-12-14)20(26)15-6-2-7-16(11-15)25(27)28/h2-12H,13H2,1H3.